The summed E-state index contributed by atoms with van der Waals surface area (Å²) in [5.74, 6) is 0.0861. The summed E-state index contributed by atoms with van der Waals surface area (Å²) < 4.78 is 25.7. The van der Waals surface area contributed by atoms with Crippen LogP contribution in [0.4, 0.5) is 4.79 Å². The highest BCUT2D eigenvalue weighted by Gasteiger charge is 2.05. The molecule has 0 saturated heterocycles. The van der Waals surface area contributed by atoms with Crippen molar-refractivity contribution in [3.63, 3.8) is 0 Å². The Hall–Kier alpha value is -1.04. The lowest BCUT2D eigenvalue weighted by Gasteiger charge is -2.10. The number of rotatable bonds is 11. The van der Waals surface area contributed by atoms with Crippen molar-refractivity contribution in [1.82, 2.24) is 5.32 Å². The molecule has 0 rings (SSSR count). The third-order valence-electron chi connectivity index (χ3n) is 2.71. The van der Waals surface area contributed by atoms with E-state index in [1.807, 2.05) is 12.2 Å². The molecule has 0 aliphatic carbocycles. The van der Waals surface area contributed by atoms with Gasteiger partial charge in [-0.2, -0.15) is 0 Å². The molecule has 0 saturated carbocycles. The molecule has 0 heterocycles. The first-order chi connectivity index (χ1) is 9.56. The molecule has 0 aromatic rings. The number of amides is 1. The normalized spacial score (nSPS) is 12.8. The molecule has 1 unspecified atom stereocenters. The second-order valence-electron chi connectivity index (χ2n) is 4.72. The number of carbonyl (C=O) groups excluding carboxylic acids is 1. The minimum atomic E-state index is -2.37. The number of nitrogens with one attached hydrogen (secondary N) is 1. The van der Waals surface area contributed by atoms with Gasteiger partial charge in [0.15, 0.2) is 0 Å². The molecular weight excluding hydrogens is 278 g/mol. The van der Waals surface area contributed by atoms with Crippen LogP contribution in [0.25, 0.3) is 0 Å². The van der Waals surface area contributed by atoms with Crippen LogP contribution in [0.5, 0.6) is 0 Å². The van der Waals surface area contributed by atoms with Gasteiger partial charge in [0.05, 0.1) is 0 Å². The molecule has 5 nitrogen and oxygen atoms in total. The lowest BCUT2D eigenvalue weighted by Crippen LogP contribution is -2.28. The number of thiol groups is 1. The van der Waals surface area contributed by atoms with Crippen LogP contribution in [-0.2, 0) is 15.4 Å². The lowest BCUT2D eigenvalue weighted by atomic mass is 10.1. The molecule has 1 amide bonds. The highest BCUT2D eigenvalue weighted by molar-refractivity contribution is 7.72. The zero-order valence-electron chi connectivity index (χ0n) is 12.5. The smallest absolute Gasteiger partial charge is 0.407 e. The zero-order valence-corrected chi connectivity index (χ0v) is 13.4. The maximum absolute atomic E-state index is 11.4. The summed E-state index contributed by atoms with van der Waals surface area (Å²) in [4.78, 5) is 11.4. The van der Waals surface area contributed by atoms with Crippen molar-refractivity contribution in [2.24, 2.45) is 0 Å². The number of carbonyl (C=O) groups is 1. The van der Waals surface area contributed by atoms with E-state index in [1.165, 1.54) is 19.3 Å². The van der Waals surface area contributed by atoms with Crippen LogP contribution in [0.3, 0.4) is 0 Å². The molecular formula is C14H27NO4S. The van der Waals surface area contributed by atoms with Crippen molar-refractivity contribution in [2.45, 2.75) is 58.5 Å². The van der Waals surface area contributed by atoms with Crippen LogP contribution >= 0.6 is 0 Å². The Labute approximate surface area is 123 Å². The number of alkyl carbamates (subject to hydrolysis) is 1. The van der Waals surface area contributed by atoms with Gasteiger partial charge in [0.25, 0.3) is 0 Å². The monoisotopic (exact) mass is 305 g/mol. The standard InChI is InChI=1S/C14H27NO4S/c1-3-4-5-6-7-8-10-13(2)19-14(16)15-11-9-12-20(17)18/h8,10,13,20H,3-7,9,11-12H2,1-2H3,(H,15,16)/b10-8+. The summed E-state index contributed by atoms with van der Waals surface area (Å²) in [6.45, 7) is 4.30. The van der Waals surface area contributed by atoms with Gasteiger partial charge in [0, 0.05) is 12.3 Å². The molecule has 1 N–H and O–H groups in total. The van der Waals surface area contributed by atoms with Crippen LogP contribution in [0, 0.1) is 0 Å². The van der Waals surface area contributed by atoms with Crippen molar-refractivity contribution < 1.29 is 17.9 Å². The van der Waals surface area contributed by atoms with Gasteiger partial charge in [-0.1, -0.05) is 32.3 Å². The summed E-state index contributed by atoms with van der Waals surface area (Å²) in [5.41, 5.74) is 0. The lowest BCUT2D eigenvalue weighted by molar-refractivity contribution is 0.127. The fraction of sp³-hybridized carbons (Fsp3) is 0.786. The fourth-order valence-electron chi connectivity index (χ4n) is 1.63. The summed E-state index contributed by atoms with van der Waals surface area (Å²) in [5, 5.41) is 2.52. The predicted octanol–water partition coefficient (Wildman–Crippen LogP) is 2.63. The Balaban J connectivity index is 3.60. The molecule has 0 bridgehead atoms. The van der Waals surface area contributed by atoms with E-state index in [2.05, 4.69) is 12.2 Å². The van der Waals surface area contributed by atoms with Crippen molar-refractivity contribution >= 4 is 16.8 Å². The molecule has 118 valence electrons. The Bertz CT molecular complexity index is 345. The summed E-state index contributed by atoms with van der Waals surface area (Å²) in [6, 6.07) is 0. The van der Waals surface area contributed by atoms with Gasteiger partial charge in [-0.25, -0.2) is 13.2 Å². The first-order valence-electron chi connectivity index (χ1n) is 7.29. The average Bonchev–Trinajstić information content (AvgIpc) is 2.38. The molecule has 0 spiro atoms. The van der Waals surface area contributed by atoms with E-state index < -0.39 is 16.8 Å². The van der Waals surface area contributed by atoms with E-state index in [0.29, 0.717) is 13.0 Å². The first-order valence-corrected chi connectivity index (χ1v) is 8.65. The van der Waals surface area contributed by atoms with E-state index >= 15 is 0 Å². The van der Waals surface area contributed by atoms with E-state index in [-0.39, 0.29) is 11.9 Å². The second kappa shape index (κ2) is 13.0. The van der Waals surface area contributed by atoms with Crippen LogP contribution in [0.1, 0.15) is 52.4 Å². The van der Waals surface area contributed by atoms with Gasteiger partial charge >= 0.3 is 6.09 Å². The third kappa shape index (κ3) is 13.4. The topological polar surface area (TPSA) is 72.5 Å². The first kappa shape index (κ1) is 19.0. The van der Waals surface area contributed by atoms with Crippen molar-refractivity contribution in [1.29, 1.82) is 0 Å². The van der Waals surface area contributed by atoms with Gasteiger partial charge in [-0.15, -0.1) is 0 Å². The molecule has 0 radical (unpaired) electrons. The Kier molecular flexibility index (Phi) is 12.3. The summed E-state index contributed by atoms with van der Waals surface area (Å²) in [6.07, 6.45) is 9.44. The van der Waals surface area contributed by atoms with Crippen molar-refractivity contribution in [3.05, 3.63) is 12.2 Å². The molecule has 6 heteroatoms. The predicted molar refractivity (Wildman–Crippen MR) is 81.6 cm³/mol. The fourth-order valence-corrected chi connectivity index (χ4v) is 2.04. The Morgan fingerprint density at radius 2 is 2.00 bits per heavy atom. The van der Waals surface area contributed by atoms with Crippen LogP contribution < -0.4 is 5.32 Å². The molecule has 20 heavy (non-hydrogen) atoms. The minimum Gasteiger partial charge on any atom is -0.442 e. The molecule has 1 atom stereocenters. The largest absolute Gasteiger partial charge is 0.442 e. The molecule has 0 aliphatic heterocycles. The number of allylic oxidation sites excluding steroid dienone is 1. The van der Waals surface area contributed by atoms with Gasteiger partial charge in [-0.05, 0) is 32.3 Å². The second-order valence-corrected chi connectivity index (χ2v) is 5.84. The molecule has 0 aliphatic rings. The van der Waals surface area contributed by atoms with Gasteiger partial charge in [-0.3, -0.25) is 0 Å². The van der Waals surface area contributed by atoms with Crippen molar-refractivity contribution in [2.75, 3.05) is 12.3 Å². The van der Waals surface area contributed by atoms with Crippen molar-refractivity contribution in [3.8, 4) is 0 Å². The van der Waals surface area contributed by atoms with E-state index in [9.17, 15) is 13.2 Å². The van der Waals surface area contributed by atoms with Gasteiger partial charge in [0.1, 0.15) is 16.8 Å². The number of hydrogen-bond acceptors (Lipinski definition) is 4. The number of unbranched alkanes of at least 4 members (excludes halogenated alkanes) is 4. The molecule has 0 fully saturated rings. The van der Waals surface area contributed by atoms with E-state index in [1.54, 1.807) is 6.92 Å². The van der Waals surface area contributed by atoms with Gasteiger partial charge < -0.3 is 10.1 Å². The molecule has 0 aromatic carbocycles. The number of hydrogen-bond donors (Lipinski definition) is 2. The zero-order chi connectivity index (χ0) is 15.2. The number of ether oxygens (including phenoxy) is 1. The Morgan fingerprint density at radius 1 is 1.25 bits per heavy atom. The Morgan fingerprint density at radius 3 is 2.65 bits per heavy atom. The maximum atomic E-state index is 11.4. The minimum absolute atomic E-state index is 0.0861. The molecule has 0 aromatic heterocycles. The SMILES string of the molecule is CCCCCC/C=C/C(C)OC(=O)NCCC[SH](=O)=O. The quantitative estimate of drug-likeness (QED) is 0.350. The van der Waals surface area contributed by atoms with Crippen LogP contribution in [0.2, 0.25) is 0 Å². The van der Waals surface area contributed by atoms with Gasteiger partial charge in [0.2, 0.25) is 0 Å². The van der Waals surface area contributed by atoms with E-state index in [0.717, 1.165) is 12.8 Å². The summed E-state index contributed by atoms with van der Waals surface area (Å²) in [7, 11) is -2.37. The summed E-state index contributed by atoms with van der Waals surface area (Å²) >= 11 is 0. The highest BCUT2D eigenvalue weighted by Crippen LogP contribution is 2.04. The highest BCUT2D eigenvalue weighted by atomic mass is 32.2. The third-order valence-corrected chi connectivity index (χ3v) is 3.39. The van der Waals surface area contributed by atoms with E-state index in [4.69, 9.17) is 4.74 Å². The maximum Gasteiger partial charge on any atom is 0.407 e. The van der Waals surface area contributed by atoms with Crippen LogP contribution in [-0.4, -0.2) is 32.9 Å². The average molecular weight is 305 g/mol. The van der Waals surface area contributed by atoms with Crippen LogP contribution in [0.15, 0.2) is 12.2 Å².